The Labute approximate surface area is 103 Å². The van der Waals surface area contributed by atoms with Gasteiger partial charge in [0.05, 0.1) is 7.11 Å². The molecule has 0 unspecified atom stereocenters. The minimum absolute atomic E-state index is 0.0229. The number of halogens is 3. The van der Waals surface area contributed by atoms with E-state index in [9.17, 15) is 18.0 Å². The van der Waals surface area contributed by atoms with Crippen LogP contribution in [-0.4, -0.2) is 32.3 Å². The van der Waals surface area contributed by atoms with Crippen LogP contribution in [0.3, 0.4) is 0 Å². The van der Waals surface area contributed by atoms with E-state index in [0.717, 1.165) is 0 Å². The Morgan fingerprint density at radius 3 is 2.67 bits per heavy atom. The molecule has 0 aromatic heterocycles. The van der Waals surface area contributed by atoms with Gasteiger partial charge in [-0.1, -0.05) is 12.1 Å². The van der Waals surface area contributed by atoms with Gasteiger partial charge in [0.1, 0.15) is 19.0 Å². The van der Waals surface area contributed by atoms with Crippen LogP contribution >= 0.6 is 0 Å². The number of carbonyl (C=O) groups excluding carboxylic acids is 1. The SMILES string of the molecule is COc1cccc(CC(=O)COCC(F)(F)F)c1. The lowest BCUT2D eigenvalue weighted by Crippen LogP contribution is -2.21. The van der Waals surface area contributed by atoms with Crippen LogP contribution < -0.4 is 4.74 Å². The molecule has 0 aliphatic carbocycles. The van der Waals surface area contributed by atoms with E-state index in [2.05, 4.69) is 4.74 Å². The summed E-state index contributed by atoms with van der Waals surface area (Å²) < 4.78 is 44.6. The standard InChI is InChI=1S/C12H13F3O3/c1-17-11-4-2-3-9(6-11)5-10(16)7-18-8-12(13,14)15/h2-4,6H,5,7-8H2,1H3. The van der Waals surface area contributed by atoms with Crippen LogP contribution in [0.4, 0.5) is 13.2 Å². The van der Waals surface area contributed by atoms with Crippen LogP contribution in [0, 0.1) is 0 Å². The molecule has 1 aromatic carbocycles. The molecule has 0 spiro atoms. The van der Waals surface area contributed by atoms with Crippen molar-refractivity contribution in [1.82, 2.24) is 0 Å². The van der Waals surface area contributed by atoms with Crippen LogP contribution in [0.5, 0.6) is 5.75 Å². The Hall–Kier alpha value is -1.56. The Morgan fingerprint density at radius 2 is 2.06 bits per heavy atom. The predicted molar refractivity (Wildman–Crippen MR) is 58.6 cm³/mol. The quantitative estimate of drug-likeness (QED) is 0.789. The fourth-order valence-corrected chi connectivity index (χ4v) is 1.34. The number of rotatable bonds is 6. The Balaban J connectivity index is 2.40. The first-order valence-electron chi connectivity index (χ1n) is 5.20. The third-order valence-electron chi connectivity index (χ3n) is 2.06. The van der Waals surface area contributed by atoms with Gasteiger partial charge in [-0.15, -0.1) is 0 Å². The first kappa shape index (κ1) is 14.5. The summed E-state index contributed by atoms with van der Waals surface area (Å²) in [6.07, 6.45) is -4.38. The molecule has 1 rings (SSSR count). The van der Waals surface area contributed by atoms with E-state index in [-0.39, 0.29) is 6.42 Å². The number of carbonyl (C=O) groups is 1. The zero-order valence-electron chi connectivity index (χ0n) is 9.79. The maximum atomic E-state index is 11.8. The monoisotopic (exact) mass is 262 g/mol. The van der Waals surface area contributed by atoms with Crippen molar-refractivity contribution in [1.29, 1.82) is 0 Å². The molecule has 1 aromatic rings. The smallest absolute Gasteiger partial charge is 0.411 e. The molecule has 0 saturated heterocycles. The van der Waals surface area contributed by atoms with Crippen LogP contribution in [-0.2, 0) is 16.0 Å². The van der Waals surface area contributed by atoms with E-state index in [1.807, 2.05) is 0 Å². The highest BCUT2D eigenvalue weighted by atomic mass is 19.4. The average molecular weight is 262 g/mol. The van der Waals surface area contributed by atoms with Crippen molar-refractivity contribution < 1.29 is 27.4 Å². The molecule has 0 bridgehead atoms. The highest BCUT2D eigenvalue weighted by Gasteiger charge is 2.27. The van der Waals surface area contributed by atoms with Crippen molar-refractivity contribution in [2.75, 3.05) is 20.3 Å². The normalized spacial score (nSPS) is 11.3. The topological polar surface area (TPSA) is 35.5 Å². The molecule has 0 atom stereocenters. The zero-order valence-corrected chi connectivity index (χ0v) is 9.79. The first-order valence-corrected chi connectivity index (χ1v) is 5.20. The summed E-state index contributed by atoms with van der Waals surface area (Å²) in [4.78, 5) is 11.4. The molecule has 0 saturated carbocycles. The molecule has 18 heavy (non-hydrogen) atoms. The molecule has 0 fully saturated rings. The Kier molecular flexibility index (Phi) is 5.15. The molecular formula is C12H13F3O3. The van der Waals surface area contributed by atoms with Gasteiger partial charge in [-0.3, -0.25) is 4.79 Å². The Morgan fingerprint density at radius 1 is 1.33 bits per heavy atom. The number of hydrogen-bond acceptors (Lipinski definition) is 3. The predicted octanol–water partition coefficient (Wildman–Crippen LogP) is 2.39. The number of benzene rings is 1. The molecule has 0 N–H and O–H groups in total. The lowest BCUT2D eigenvalue weighted by atomic mass is 10.1. The largest absolute Gasteiger partial charge is 0.497 e. The second-order valence-corrected chi connectivity index (χ2v) is 3.67. The van der Waals surface area contributed by atoms with Crippen molar-refractivity contribution in [2.45, 2.75) is 12.6 Å². The second-order valence-electron chi connectivity index (χ2n) is 3.67. The highest BCUT2D eigenvalue weighted by Crippen LogP contribution is 2.15. The summed E-state index contributed by atoms with van der Waals surface area (Å²) in [6, 6.07) is 6.78. The number of ether oxygens (including phenoxy) is 2. The minimum atomic E-state index is -4.41. The lowest BCUT2D eigenvalue weighted by Gasteiger charge is -2.07. The average Bonchev–Trinajstić information content (AvgIpc) is 2.27. The van der Waals surface area contributed by atoms with Gasteiger partial charge >= 0.3 is 6.18 Å². The number of methoxy groups -OCH3 is 1. The Bertz CT molecular complexity index is 402. The molecule has 0 aliphatic heterocycles. The van der Waals surface area contributed by atoms with Gasteiger partial charge in [-0.05, 0) is 17.7 Å². The fourth-order valence-electron chi connectivity index (χ4n) is 1.34. The van der Waals surface area contributed by atoms with E-state index >= 15 is 0 Å². The summed E-state index contributed by atoms with van der Waals surface area (Å²) in [6.45, 7) is -1.95. The summed E-state index contributed by atoms with van der Waals surface area (Å²) in [5.74, 6) is 0.184. The number of hydrogen-bond donors (Lipinski definition) is 0. The highest BCUT2D eigenvalue weighted by molar-refractivity contribution is 5.82. The van der Waals surface area contributed by atoms with Crippen LogP contribution in [0.1, 0.15) is 5.56 Å². The third-order valence-corrected chi connectivity index (χ3v) is 2.06. The van der Waals surface area contributed by atoms with Crippen molar-refractivity contribution in [3.63, 3.8) is 0 Å². The number of Topliss-reactive ketones (excluding diaryl/α,β-unsaturated/α-hetero) is 1. The van der Waals surface area contributed by atoms with Crippen molar-refractivity contribution in [3.8, 4) is 5.75 Å². The minimum Gasteiger partial charge on any atom is -0.497 e. The molecule has 0 aliphatic rings. The lowest BCUT2D eigenvalue weighted by molar-refractivity contribution is -0.175. The number of alkyl halides is 3. The van der Waals surface area contributed by atoms with Gasteiger partial charge < -0.3 is 9.47 Å². The van der Waals surface area contributed by atoms with E-state index in [1.54, 1.807) is 24.3 Å². The molecule has 0 radical (unpaired) electrons. The van der Waals surface area contributed by atoms with Crippen molar-refractivity contribution in [3.05, 3.63) is 29.8 Å². The van der Waals surface area contributed by atoms with E-state index < -0.39 is 25.2 Å². The van der Waals surface area contributed by atoms with E-state index in [1.165, 1.54) is 7.11 Å². The molecule has 6 heteroatoms. The summed E-state index contributed by atoms with van der Waals surface area (Å²) in [5, 5.41) is 0. The number of ketones is 1. The van der Waals surface area contributed by atoms with Gasteiger partial charge in [0.15, 0.2) is 5.78 Å². The molecule has 100 valence electrons. The first-order chi connectivity index (χ1) is 8.40. The molecule has 3 nitrogen and oxygen atoms in total. The van der Waals surface area contributed by atoms with Crippen LogP contribution in [0.2, 0.25) is 0 Å². The maximum Gasteiger partial charge on any atom is 0.411 e. The van der Waals surface area contributed by atoms with Gasteiger partial charge in [0.2, 0.25) is 0 Å². The van der Waals surface area contributed by atoms with Gasteiger partial charge in [-0.25, -0.2) is 0 Å². The summed E-state index contributed by atoms with van der Waals surface area (Å²) in [7, 11) is 1.49. The fraction of sp³-hybridized carbons (Fsp3) is 0.417. The molecule has 0 amide bonds. The van der Waals surface area contributed by atoms with E-state index in [0.29, 0.717) is 11.3 Å². The van der Waals surface area contributed by atoms with Crippen molar-refractivity contribution in [2.24, 2.45) is 0 Å². The van der Waals surface area contributed by atoms with Crippen molar-refractivity contribution >= 4 is 5.78 Å². The van der Waals surface area contributed by atoms with Crippen LogP contribution in [0.15, 0.2) is 24.3 Å². The van der Waals surface area contributed by atoms with Crippen LogP contribution in [0.25, 0.3) is 0 Å². The summed E-state index contributed by atoms with van der Waals surface area (Å²) >= 11 is 0. The molecular weight excluding hydrogens is 249 g/mol. The second kappa shape index (κ2) is 6.39. The van der Waals surface area contributed by atoms with Gasteiger partial charge in [-0.2, -0.15) is 13.2 Å². The van der Waals surface area contributed by atoms with Gasteiger partial charge in [0.25, 0.3) is 0 Å². The maximum absolute atomic E-state index is 11.8. The van der Waals surface area contributed by atoms with E-state index in [4.69, 9.17) is 4.74 Å². The van der Waals surface area contributed by atoms with Gasteiger partial charge in [0, 0.05) is 6.42 Å². The molecule has 0 heterocycles. The summed E-state index contributed by atoms with van der Waals surface area (Å²) in [5.41, 5.74) is 0.676. The zero-order chi connectivity index (χ0) is 13.6. The third kappa shape index (κ3) is 5.67.